The Labute approximate surface area is 109 Å². The number of sulfonamides is 1. The SMILES string of the molecule is CCNCc1cn[nH]c1S(=O)(=O)NCCC(C)C. The average molecular weight is 274 g/mol. The Balaban J connectivity index is 2.69. The predicted molar refractivity (Wildman–Crippen MR) is 70.6 cm³/mol. The van der Waals surface area contributed by atoms with Crippen LogP contribution in [0.3, 0.4) is 0 Å². The number of hydrogen-bond donors (Lipinski definition) is 3. The van der Waals surface area contributed by atoms with Crippen molar-refractivity contribution in [1.29, 1.82) is 0 Å². The first-order chi connectivity index (χ1) is 8.47. The zero-order valence-corrected chi connectivity index (χ0v) is 12.0. The van der Waals surface area contributed by atoms with Crippen LogP contribution in [0, 0.1) is 5.92 Å². The van der Waals surface area contributed by atoms with Crippen LogP contribution in [0.2, 0.25) is 0 Å². The maximum atomic E-state index is 12.0. The fraction of sp³-hybridized carbons (Fsp3) is 0.727. The Morgan fingerprint density at radius 1 is 1.44 bits per heavy atom. The standard InChI is InChI=1S/C11H22N4O2S/c1-4-12-7-10-8-13-15-11(10)18(16,17)14-6-5-9(2)3/h8-9,12,14H,4-7H2,1-3H3,(H,13,15). The van der Waals surface area contributed by atoms with Crippen LogP contribution < -0.4 is 10.0 Å². The van der Waals surface area contributed by atoms with Crippen molar-refractivity contribution in [2.45, 2.75) is 38.8 Å². The van der Waals surface area contributed by atoms with Gasteiger partial charge in [-0.15, -0.1) is 0 Å². The maximum absolute atomic E-state index is 12.0. The predicted octanol–water partition coefficient (Wildman–Crippen LogP) is 0.844. The molecule has 0 aliphatic carbocycles. The number of rotatable bonds is 8. The molecule has 1 aromatic rings. The molecule has 1 rings (SSSR count). The minimum atomic E-state index is -3.48. The molecule has 0 aromatic carbocycles. The molecule has 0 saturated heterocycles. The number of nitrogens with zero attached hydrogens (tertiary/aromatic N) is 1. The van der Waals surface area contributed by atoms with Gasteiger partial charge in [-0.2, -0.15) is 5.10 Å². The van der Waals surface area contributed by atoms with Gasteiger partial charge in [0.2, 0.25) is 0 Å². The van der Waals surface area contributed by atoms with Crippen LogP contribution in [0.25, 0.3) is 0 Å². The molecule has 104 valence electrons. The van der Waals surface area contributed by atoms with Crippen LogP contribution in [0.15, 0.2) is 11.2 Å². The van der Waals surface area contributed by atoms with Gasteiger partial charge in [0, 0.05) is 18.7 Å². The molecule has 0 aliphatic heterocycles. The van der Waals surface area contributed by atoms with E-state index in [0.29, 0.717) is 24.6 Å². The molecule has 7 heteroatoms. The summed E-state index contributed by atoms with van der Waals surface area (Å²) in [6.45, 7) is 7.80. The molecule has 1 aromatic heterocycles. The summed E-state index contributed by atoms with van der Waals surface area (Å²) in [7, 11) is -3.48. The topological polar surface area (TPSA) is 86.9 Å². The summed E-state index contributed by atoms with van der Waals surface area (Å²) in [4.78, 5) is 0. The second-order valence-corrected chi connectivity index (χ2v) is 6.29. The molecule has 0 fully saturated rings. The molecule has 0 bridgehead atoms. The Bertz CT molecular complexity index is 453. The van der Waals surface area contributed by atoms with E-state index >= 15 is 0 Å². The number of nitrogens with one attached hydrogen (secondary N) is 3. The van der Waals surface area contributed by atoms with Gasteiger partial charge in [0.25, 0.3) is 10.0 Å². The highest BCUT2D eigenvalue weighted by Crippen LogP contribution is 2.11. The quantitative estimate of drug-likeness (QED) is 0.655. The lowest BCUT2D eigenvalue weighted by molar-refractivity contribution is 0.547. The molecule has 18 heavy (non-hydrogen) atoms. The summed E-state index contributed by atoms with van der Waals surface area (Å²) in [6, 6.07) is 0. The average Bonchev–Trinajstić information content (AvgIpc) is 2.74. The highest BCUT2D eigenvalue weighted by molar-refractivity contribution is 7.89. The van der Waals surface area contributed by atoms with E-state index in [1.54, 1.807) is 6.20 Å². The van der Waals surface area contributed by atoms with E-state index in [0.717, 1.165) is 13.0 Å². The lowest BCUT2D eigenvalue weighted by Crippen LogP contribution is -2.27. The second-order valence-electron chi connectivity index (χ2n) is 4.58. The lowest BCUT2D eigenvalue weighted by Gasteiger charge is -2.08. The number of aromatic nitrogens is 2. The maximum Gasteiger partial charge on any atom is 0.257 e. The Kier molecular flexibility index (Phi) is 5.77. The minimum Gasteiger partial charge on any atom is -0.313 e. The van der Waals surface area contributed by atoms with Gasteiger partial charge in [-0.3, -0.25) is 5.10 Å². The van der Waals surface area contributed by atoms with Gasteiger partial charge >= 0.3 is 0 Å². The number of H-pyrrole nitrogens is 1. The molecule has 1 heterocycles. The summed E-state index contributed by atoms with van der Waals surface area (Å²) >= 11 is 0. The smallest absolute Gasteiger partial charge is 0.257 e. The third kappa shape index (κ3) is 4.40. The minimum absolute atomic E-state index is 0.159. The third-order valence-corrected chi connectivity index (χ3v) is 4.00. The van der Waals surface area contributed by atoms with Gasteiger partial charge in [-0.1, -0.05) is 20.8 Å². The number of hydrogen-bond acceptors (Lipinski definition) is 4. The van der Waals surface area contributed by atoms with Crippen LogP contribution in [0.1, 0.15) is 32.8 Å². The number of aromatic amines is 1. The summed E-state index contributed by atoms with van der Waals surface area (Å²) < 4.78 is 26.7. The van der Waals surface area contributed by atoms with E-state index in [9.17, 15) is 8.42 Å². The van der Waals surface area contributed by atoms with Crippen LogP contribution in [-0.4, -0.2) is 31.7 Å². The van der Waals surface area contributed by atoms with E-state index in [2.05, 4.69) is 34.1 Å². The van der Waals surface area contributed by atoms with E-state index in [1.165, 1.54) is 0 Å². The first-order valence-electron chi connectivity index (χ1n) is 6.20. The molecular formula is C11H22N4O2S. The molecule has 0 atom stereocenters. The molecule has 0 unspecified atom stereocenters. The lowest BCUT2D eigenvalue weighted by atomic mass is 10.1. The van der Waals surface area contributed by atoms with Gasteiger partial charge in [-0.05, 0) is 18.9 Å². The Hall–Kier alpha value is -0.920. The van der Waals surface area contributed by atoms with Crippen molar-refractivity contribution in [3.8, 4) is 0 Å². The third-order valence-electron chi connectivity index (χ3n) is 2.53. The van der Waals surface area contributed by atoms with Crippen molar-refractivity contribution < 1.29 is 8.42 Å². The molecule has 0 amide bonds. The van der Waals surface area contributed by atoms with Crippen LogP contribution in [-0.2, 0) is 16.6 Å². The second kappa shape index (κ2) is 6.86. The first-order valence-corrected chi connectivity index (χ1v) is 7.68. The fourth-order valence-electron chi connectivity index (χ4n) is 1.47. The summed E-state index contributed by atoms with van der Waals surface area (Å²) in [5.41, 5.74) is 0.661. The van der Waals surface area contributed by atoms with Crippen molar-refractivity contribution in [3.63, 3.8) is 0 Å². The van der Waals surface area contributed by atoms with Gasteiger partial charge < -0.3 is 5.32 Å². The highest BCUT2D eigenvalue weighted by Gasteiger charge is 2.19. The van der Waals surface area contributed by atoms with Gasteiger partial charge in [0.1, 0.15) is 0 Å². The zero-order chi connectivity index (χ0) is 13.6. The monoisotopic (exact) mass is 274 g/mol. The normalized spacial score (nSPS) is 12.2. The van der Waals surface area contributed by atoms with E-state index in [-0.39, 0.29) is 5.03 Å². The van der Waals surface area contributed by atoms with Crippen molar-refractivity contribution in [1.82, 2.24) is 20.2 Å². The molecule has 0 saturated carbocycles. The van der Waals surface area contributed by atoms with Gasteiger partial charge in [0.15, 0.2) is 5.03 Å². The van der Waals surface area contributed by atoms with Gasteiger partial charge in [-0.25, -0.2) is 13.1 Å². The van der Waals surface area contributed by atoms with E-state index in [1.807, 2.05) is 6.92 Å². The van der Waals surface area contributed by atoms with Crippen molar-refractivity contribution in [3.05, 3.63) is 11.8 Å². The molecule has 0 spiro atoms. The molecular weight excluding hydrogens is 252 g/mol. The summed E-state index contributed by atoms with van der Waals surface area (Å²) in [6.07, 6.45) is 2.36. The van der Waals surface area contributed by atoms with Crippen molar-refractivity contribution in [2.24, 2.45) is 5.92 Å². The highest BCUT2D eigenvalue weighted by atomic mass is 32.2. The van der Waals surface area contributed by atoms with Crippen molar-refractivity contribution in [2.75, 3.05) is 13.1 Å². The Morgan fingerprint density at radius 3 is 2.78 bits per heavy atom. The summed E-state index contributed by atoms with van der Waals surface area (Å²) in [5.74, 6) is 0.468. The Morgan fingerprint density at radius 2 is 2.17 bits per heavy atom. The molecule has 6 nitrogen and oxygen atoms in total. The molecule has 0 aliphatic rings. The van der Waals surface area contributed by atoms with Crippen LogP contribution >= 0.6 is 0 Å². The van der Waals surface area contributed by atoms with Gasteiger partial charge in [0.05, 0.1) is 6.20 Å². The largest absolute Gasteiger partial charge is 0.313 e. The molecule has 0 radical (unpaired) electrons. The molecule has 3 N–H and O–H groups in total. The van der Waals surface area contributed by atoms with Crippen LogP contribution in [0.4, 0.5) is 0 Å². The summed E-state index contributed by atoms with van der Waals surface area (Å²) in [5, 5.41) is 9.60. The van der Waals surface area contributed by atoms with Crippen LogP contribution in [0.5, 0.6) is 0 Å². The fourth-order valence-corrected chi connectivity index (χ4v) is 2.65. The van der Waals surface area contributed by atoms with E-state index < -0.39 is 10.0 Å². The van der Waals surface area contributed by atoms with Crippen molar-refractivity contribution >= 4 is 10.0 Å². The zero-order valence-electron chi connectivity index (χ0n) is 11.2. The first kappa shape index (κ1) is 15.1. The van der Waals surface area contributed by atoms with E-state index in [4.69, 9.17) is 0 Å².